The van der Waals surface area contributed by atoms with Crippen LogP contribution in [0.4, 0.5) is 0 Å². The molecule has 30 heavy (non-hydrogen) atoms. The minimum absolute atomic E-state index is 0.330. The van der Waals surface area contributed by atoms with Crippen LogP contribution < -0.4 is 4.74 Å². The molecule has 0 fully saturated rings. The molecular weight excluding hydrogens is 374 g/mol. The van der Waals surface area contributed by atoms with Gasteiger partial charge in [-0.1, -0.05) is 36.4 Å². The van der Waals surface area contributed by atoms with E-state index in [2.05, 4.69) is 41.4 Å². The molecule has 1 unspecified atom stereocenters. The van der Waals surface area contributed by atoms with E-state index < -0.39 is 0 Å². The van der Waals surface area contributed by atoms with E-state index in [1.807, 2.05) is 18.2 Å². The highest BCUT2D eigenvalue weighted by molar-refractivity contribution is 6.19. The number of carbonyl (C=O) groups is 1. The van der Waals surface area contributed by atoms with Crippen LogP contribution in [0.2, 0.25) is 0 Å². The minimum atomic E-state index is -0.330. The SMILES string of the molecule is COC(=O)c1cccc2[nH]c3cc4c(c(OC)c3c12)CCCC4Cc1ccccc1. The third-order valence-electron chi connectivity index (χ3n) is 6.36. The molecule has 0 aliphatic heterocycles. The third kappa shape index (κ3) is 2.95. The van der Waals surface area contributed by atoms with Gasteiger partial charge in [0.1, 0.15) is 5.75 Å². The monoisotopic (exact) mass is 399 g/mol. The fraction of sp³-hybridized carbons (Fsp3) is 0.269. The van der Waals surface area contributed by atoms with Crippen LogP contribution in [0.25, 0.3) is 21.8 Å². The summed E-state index contributed by atoms with van der Waals surface area (Å²) in [6.07, 6.45) is 4.33. The first-order chi connectivity index (χ1) is 14.7. The molecule has 0 saturated heterocycles. The molecule has 1 heterocycles. The second kappa shape index (κ2) is 7.52. The van der Waals surface area contributed by atoms with Crippen LogP contribution in [0.15, 0.2) is 54.6 Å². The second-order valence-corrected chi connectivity index (χ2v) is 8.02. The second-order valence-electron chi connectivity index (χ2n) is 8.02. The Morgan fingerprint density at radius 3 is 2.63 bits per heavy atom. The summed E-state index contributed by atoms with van der Waals surface area (Å²) < 4.78 is 11.0. The molecule has 4 aromatic rings. The Balaban J connectivity index is 1.74. The third-order valence-corrected chi connectivity index (χ3v) is 6.36. The van der Waals surface area contributed by atoms with Crippen LogP contribution in [0.1, 0.15) is 45.8 Å². The van der Waals surface area contributed by atoms with Gasteiger partial charge in [0, 0.05) is 10.9 Å². The number of nitrogens with one attached hydrogen (secondary N) is 1. The van der Waals surface area contributed by atoms with Crippen molar-refractivity contribution in [1.82, 2.24) is 4.98 Å². The quantitative estimate of drug-likeness (QED) is 0.443. The van der Waals surface area contributed by atoms with Crippen molar-refractivity contribution in [2.45, 2.75) is 31.6 Å². The van der Waals surface area contributed by atoms with Crippen molar-refractivity contribution in [3.8, 4) is 5.75 Å². The van der Waals surface area contributed by atoms with Gasteiger partial charge in [-0.2, -0.15) is 0 Å². The molecule has 152 valence electrons. The first kappa shape index (κ1) is 18.7. The maximum absolute atomic E-state index is 12.4. The zero-order valence-electron chi connectivity index (χ0n) is 17.3. The Kier molecular flexibility index (Phi) is 4.70. The average Bonchev–Trinajstić information content (AvgIpc) is 3.16. The summed E-state index contributed by atoms with van der Waals surface area (Å²) >= 11 is 0. The number of esters is 1. The summed E-state index contributed by atoms with van der Waals surface area (Å²) in [5, 5.41) is 1.86. The lowest BCUT2D eigenvalue weighted by Gasteiger charge is -2.27. The Hall–Kier alpha value is -3.27. The van der Waals surface area contributed by atoms with E-state index in [-0.39, 0.29) is 5.97 Å². The van der Waals surface area contributed by atoms with Crippen molar-refractivity contribution in [2.24, 2.45) is 0 Å². The van der Waals surface area contributed by atoms with Crippen LogP contribution in [0.3, 0.4) is 0 Å². The van der Waals surface area contributed by atoms with Crippen LogP contribution in [0, 0.1) is 0 Å². The highest BCUT2D eigenvalue weighted by atomic mass is 16.5. The highest BCUT2D eigenvalue weighted by Crippen LogP contribution is 2.45. The number of H-pyrrole nitrogens is 1. The molecule has 1 aromatic heterocycles. The molecule has 5 rings (SSSR count). The lowest BCUT2D eigenvalue weighted by Crippen LogP contribution is -2.13. The van der Waals surface area contributed by atoms with Crippen LogP contribution >= 0.6 is 0 Å². The van der Waals surface area contributed by atoms with Crippen LogP contribution in [-0.2, 0) is 17.6 Å². The van der Waals surface area contributed by atoms with Gasteiger partial charge >= 0.3 is 5.97 Å². The predicted octanol–water partition coefficient (Wildman–Crippen LogP) is 5.78. The number of hydrogen-bond acceptors (Lipinski definition) is 3. The maximum Gasteiger partial charge on any atom is 0.338 e. The van der Waals surface area contributed by atoms with Gasteiger partial charge in [-0.05, 0) is 66.5 Å². The molecule has 1 aliphatic carbocycles. The normalized spacial score (nSPS) is 15.9. The molecular formula is C26H25NO3. The number of carbonyl (C=O) groups excluding carboxylic acids is 1. The molecule has 4 nitrogen and oxygen atoms in total. The zero-order valence-corrected chi connectivity index (χ0v) is 17.3. The molecule has 0 radical (unpaired) electrons. The molecule has 0 spiro atoms. The fourth-order valence-electron chi connectivity index (χ4n) is 5.06. The standard InChI is InChI=1S/C26H25NO3/c1-29-25-18-11-6-10-17(14-16-8-4-3-5-9-16)20(18)15-22-24(25)23-19(26(28)30-2)12-7-13-21(23)27-22/h3-5,7-9,12-13,15,17,27H,6,10-11,14H2,1-2H3. The average molecular weight is 399 g/mol. The fourth-order valence-corrected chi connectivity index (χ4v) is 5.06. The summed E-state index contributed by atoms with van der Waals surface area (Å²) in [6.45, 7) is 0. The van der Waals surface area contributed by atoms with Crippen molar-refractivity contribution in [1.29, 1.82) is 0 Å². The Morgan fingerprint density at radius 1 is 1.03 bits per heavy atom. The summed E-state index contributed by atoms with van der Waals surface area (Å²) in [5.41, 5.74) is 6.50. The molecule has 0 saturated carbocycles. The van der Waals surface area contributed by atoms with Gasteiger partial charge in [-0.25, -0.2) is 4.79 Å². The molecule has 1 atom stereocenters. The van der Waals surface area contributed by atoms with E-state index in [0.717, 1.165) is 46.8 Å². The number of hydrogen-bond donors (Lipinski definition) is 1. The number of methoxy groups -OCH3 is 2. The van der Waals surface area contributed by atoms with E-state index in [1.54, 1.807) is 7.11 Å². The lowest BCUT2D eigenvalue weighted by atomic mass is 9.78. The molecule has 4 heteroatoms. The van der Waals surface area contributed by atoms with E-state index in [0.29, 0.717) is 11.5 Å². The van der Waals surface area contributed by atoms with E-state index in [4.69, 9.17) is 9.47 Å². The Bertz CT molecular complexity index is 1240. The zero-order chi connectivity index (χ0) is 20.7. The first-order valence-corrected chi connectivity index (χ1v) is 10.5. The summed E-state index contributed by atoms with van der Waals surface area (Å²) in [7, 11) is 3.15. The molecule has 0 amide bonds. The maximum atomic E-state index is 12.4. The van der Waals surface area contributed by atoms with Crippen molar-refractivity contribution < 1.29 is 14.3 Å². The highest BCUT2D eigenvalue weighted by Gasteiger charge is 2.27. The van der Waals surface area contributed by atoms with Crippen molar-refractivity contribution >= 4 is 27.8 Å². The number of aromatic amines is 1. The number of benzene rings is 3. The van der Waals surface area contributed by atoms with Gasteiger partial charge in [0.25, 0.3) is 0 Å². The number of rotatable bonds is 4. The summed E-state index contributed by atoms with van der Waals surface area (Å²) in [6, 6.07) is 18.7. The van der Waals surface area contributed by atoms with Crippen molar-refractivity contribution in [3.63, 3.8) is 0 Å². The molecule has 0 bridgehead atoms. The van der Waals surface area contributed by atoms with Gasteiger partial charge in [0.2, 0.25) is 0 Å². The molecule has 1 aliphatic rings. The lowest BCUT2D eigenvalue weighted by molar-refractivity contribution is 0.0603. The van der Waals surface area contributed by atoms with Crippen LogP contribution in [-0.4, -0.2) is 25.2 Å². The van der Waals surface area contributed by atoms with Gasteiger partial charge in [0.05, 0.1) is 30.7 Å². The minimum Gasteiger partial charge on any atom is -0.496 e. The van der Waals surface area contributed by atoms with Gasteiger partial charge in [-0.15, -0.1) is 0 Å². The van der Waals surface area contributed by atoms with Crippen molar-refractivity contribution in [2.75, 3.05) is 14.2 Å². The number of ether oxygens (including phenoxy) is 2. The van der Waals surface area contributed by atoms with Crippen molar-refractivity contribution in [3.05, 3.63) is 76.9 Å². The molecule has 1 N–H and O–H groups in total. The number of fused-ring (bicyclic) bond motifs is 4. The first-order valence-electron chi connectivity index (χ1n) is 10.5. The van der Waals surface area contributed by atoms with Crippen LogP contribution in [0.5, 0.6) is 5.75 Å². The summed E-state index contributed by atoms with van der Waals surface area (Å²) in [5.74, 6) is 1.02. The van der Waals surface area contributed by atoms with E-state index in [1.165, 1.54) is 30.2 Å². The molecule has 3 aromatic carbocycles. The van der Waals surface area contributed by atoms with E-state index in [9.17, 15) is 4.79 Å². The van der Waals surface area contributed by atoms with E-state index >= 15 is 0 Å². The van der Waals surface area contributed by atoms with Gasteiger partial charge in [-0.3, -0.25) is 0 Å². The topological polar surface area (TPSA) is 51.3 Å². The largest absolute Gasteiger partial charge is 0.496 e. The van der Waals surface area contributed by atoms with Gasteiger partial charge < -0.3 is 14.5 Å². The smallest absolute Gasteiger partial charge is 0.338 e. The predicted molar refractivity (Wildman–Crippen MR) is 120 cm³/mol. The Morgan fingerprint density at radius 2 is 1.87 bits per heavy atom. The summed E-state index contributed by atoms with van der Waals surface area (Å²) in [4.78, 5) is 16.0. The number of aromatic nitrogens is 1. The Labute approximate surface area is 175 Å². The van der Waals surface area contributed by atoms with Gasteiger partial charge in [0.15, 0.2) is 0 Å².